The molecule has 3 aromatic rings. The number of rotatable bonds is 1. The number of H-pyrrole nitrogens is 1. The summed E-state index contributed by atoms with van der Waals surface area (Å²) in [5.41, 5.74) is 5.06. The van der Waals surface area contributed by atoms with Crippen LogP contribution in [0, 0.1) is 5.92 Å². The third-order valence-corrected chi connectivity index (χ3v) is 7.09. The van der Waals surface area contributed by atoms with Gasteiger partial charge in [0.2, 0.25) is 0 Å². The van der Waals surface area contributed by atoms with Crippen LogP contribution in [-0.4, -0.2) is 33.5 Å². The molecule has 0 amide bonds. The minimum atomic E-state index is 0.519. The molecule has 3 atom stereocenters. The van der Waals surface area contributed by atoms with Gasteiger partial charge in [0.1, 0.15) is 0 Å². The Hall–Kier alpha value is -2.39. The minimum Gasteiger partial charge on any atom is -0.353 e. The van der Waals surface area contributed by atoms with Crippen LogP contribution < -0.4 is 0 Å². The summed E-state index contributed by atoms with van der Waals surface area (Å²) in [5, 5.41) is 2.60. The van der Waals surface area contributed by atoms with E-state index in [2.05, 4.69) is 58.4 Å². The normalized spacial score (nSPS) is 29.1. The molecule has 0 saturated carbocycles. The lowest BCUT2D eigenvalue weighted by atomic mass is 9.82. The van der Waals surface area contributed by atoms with Crippen molar-refractivity contribution < 1.29 is 0 Å². The topological polar surface area (TPSA) is 31.9 Å². The van der Waals surface area contributed by atoms with E-state index in [0.29, 0.717) is 12.1 Å². The van der Waals surface area contributed by atoms with E-state index in [1.165, 1.54) is 78.1 Å². The molecule has 1 aliphatic carbocycles. The molecule has 2 aliphatic heterocycles. The molecule has 3 aliphatic rings. The third-order valence-electron chi connectivity index (χ3n) is 7.09. The van der Waals surface area contributed by atoms with Crippen molar-refractivity contribution in [3.8, 4) is 0 Å². The monoisotopic (exact) mass is 369 g/mol. The Morgan fingerprint density at radius 1 is 1.04 bits per heavy atom. The molecule has 0 unspecified atom stereocenters. The fraction of sp³-hybridized carbons (Fsp3) is 0.400. The van der Waals surface area contributed by atoms with Gasteiger partial charge in [-0.1, -0.05) is 36.4 Å². The molecule has 0 bridgehead atoms. The zero-order valence-corrected chi connectivity index (χ0v) is 16.3. The van der Waals surface area contributed by atoms with Gasteiger partial charge in [-0.05, 0) is 68.7 Å². The van der Waals surface area contributed by atoms with E-state index >= 15 is 0 Å². The van der Waals surface area contributed by atoms with Gasteiger partial charge in [-0.2, -0.15) is 0 Å². The van der Waals surface area contributed by atoms with Crippen LogP contribution in [0.1, 0.15) is 44.2 Å². The van der Waals surface area contributed by atoms with Crippen molar-refractivity contribution in [2.75, 3.05) is 6.54 Å². The van der Waals surface area contributed by atoms with Crippen LogP contribution >= 0.6 is 0 Å². The summed E-state index contributed by atoms with van der Waals surface area (Å²) in [7, 11) is 0. The standard InChI is InChI=1S/C25H27N3/c1-2-6-15-28-18(9-3-1)16-17-8-7-11-21(25(17)28)23-24-20(13-14-26-23)19-10-4-5-12-22(19)27-24/h3-5,9-14,17-18,25,27H,1-2,6-8,15-16H2/b9-3-/t17-,18+,25+/m1/s1. The van der Waals surface area contributed by atoms with Crippen molar-refractivity contribution in [3.05, 3.63) is 60.5 Å². The Kier molecular flexibility index (Phi) is 3.90. The second-order valence-electron chi connectivity index (χ2n) is 8.66. The average molecular weight is 370 g/mol. The first-order chi connectivity index (χ1) is 13.9. The number of hydrogen-bond donors (Lipinski definition) is 1. The number of allylic oxidation sites excluding steroid dienone is 2. The lowest BCUT2D eigenvalue weighted by Crippen LogP contribution is -2.40. The molecule has 0 radical (unpaired) electrons. The van der Waals surface area contributed by atoms with Crippen LogP contribution in [0.25, 0.3) is 27.4 Å². The van der Waals surface area contributed by atoms with Gasteiger partial charge in [0, 0.05) is 34.6 Å². The van der Waals surface area contributed by atoms with Gasteiger partial charge in [-0.25, -0.2) is 0 Å². The maximum absolute atomic E-state index is 4.92. The Morgan fingerprint density at radius 2 is 2.00 bits per heavy atom. The molecule has 1 fully saturated rings. The zero-order valence-electron chi connectivity index (χ0n) is 16.3. The van der Waals surface area contributed by atoms with Crippen molar-refractivity contribution in [1.82, 2.24) is 14.9 Å². The summed E-state index contributed by atoms with van der Waals surface area (Å²) >= 11 is 0. The summed E-state index contributed by atoms with van der Waals surface area (Å²) in [6.45, 7) is 1.22. The number of benzene rings is 1. The molecule has 142 valence electrons. The number of nitrogens with zero attached hydrogens (tertiary/aromatic N) is 2. The second-order valence-corrected chi connectivity index (χ2v) is 8.66. The van der Waals surface area contributed by atoms with Crippen LogP contribution in [0.2, 0.25) is 0 Å². The number of aromatic nitrogens is 2. The van der Waals surface area contributed by atoms with Gasteiger partial charge < -0.3 is 4.98 Å². The molecule has 2 aromatic heterocycles. The summed E-state index contributed by atoms with van der Waals surface area (Å²) in [6, 6.07) is 11.9. The number of hydrogen-bond acceptors (Lipinski definition) is 2. The summed E-state index contributed by atoms with van der Waals surface area (Å²) < 4.78 is 0. The van der Waals surface area contributed by atoms with Gasteiger partial charge in [0.25, 0.3) is 0 Å². The Balaban J connectivity index is 1.49. The predicted molar refractivity (Wildman–Crippen MR) is 116 cm³/mol. The lowest BCUT2D eigenvalue weighted by Gasteiger charge is -2.35. The second kappa shape index (κ2) is 6.59. The van der Waals surface area contributed by atoms with Gasteiger partial charge in [0.05, 0.1) is 11.2 Å². The first-order valence-corrected chi connectivity index (χ1v) is 10.9. The number of pyridine rings is 1. The molecular formula is C25H27N3. The lowest BCUT2D eigenvalue weighted by molar-refractivity contribution is 0.227. The highest BCUT2D eigenvalue weighted by atomic mass is 15.2. The van der Waals surface area contributed by atoms with E-state index in [0.717, 1.165) is 5.92 Å². The van der Waals surface area contributed by atoms with Gasteiger partial charge >= 0.3 is 0 Å². The Morgan fingerprint density at radius 3 is 3.00 bits per heavy atom. The zero-order chi connectivity index (χ0) is 18.5. The number of nitrogens with one attached hydrogen (secondary N) is 1. The van der Waals surface area contributed by atoms with Gasteiger partial charge in [0.15, 0.2) is 0 Å². The summed E-state index contributed by atoms with van der Waals surface area (Å²) in [4.78, 5) is 11.4. The third kappa shape index (κ3) is 2.49. The Labute approximate surface area is 166 Å². The predicted octanol–water partition coefficient (Wildman–Crippen LogP) is 5.69. The molecule has 6 rings (SSSR count). The number of aromatic amines is 1. The van der Waals surface area contributed by atoms with E-state index in [1.54, 1.807) is 0 Å². The molecule has 3 heteroatoms. The maximum Gasteiger partial charge on any atom is 0.0915 e. The quantitative estimate of drug-likeness (QED) is 0.559. The molecule has 0 spiro atoms. The molecular weight excluding hydrogens is 342 g/mol. The van der Waals surface area contributed by atoms with Crippen molar-refractivity contribution in [2.45, 2.75) is 50.6 Å². The van der Waals surface area contributed by atoms with Crippen molar-refractivity contribution in [2.24, 2.45) is 5.92 Å². The van der Waals surface area contributed by atoms with Crippen LogP contribution in [-0.2, 0) is 0 Å². The maximum atomic E-state index is 4.92. The first-order valence-electron chi connectivity index (χ1n) is 10.9. The van der Waals surface area contributed by atoms with E-state index in [4.69, 9.17) is 4.98 Å². The SMILES string of the molecule is C1=C(c2nccc3c2[nH]c2ccccc23)[C@@H]2[C@H](CC1)C[C@@H]1/C=C\CCCCN21. The highest BCUT2D eigenvalue weighted by Crippen LogP contribution is 2.45. The van der Waals surface area contributed by atoms with Crippen LogP contribution in [0.15, 0.2) is 54.8 Å². The van der Waals surface area contributed by atoms with Crippen LogP contribution in [0.3, 0.4) is 0 Å². The Bertz CT molecular complexity index is 1090. The van der Waals surface area contributed by atoms with Crippen molar-refractivity contribution in [1.29, 1.82) is 0 Å². The molecule has 28 heavy (non-hydrogen) atoms. The van der Waals surface area contributed by atoms with E-state index < -0.39 is 0 Å². The highest BCUT2D eigenvalue weighted by Gasteiger charge is 2.43. The number of fused-ring (bicyclic) bond motifs is 6. The molecule has 4 heterocycles. The summed E-state index contributed by atoms with van der Waals surface area (Å²) in [5.74, 6) is 0.759. The molecule has 1 saturated heterocycles. The van der Waals surface area contributed by atoms with Crippen LogP contribution in [0.4, 0.5) is 0 Å². The van der Waals surface area contributed by atoms with E-state index in [1.807, 2.05) is 6.20 Å². The molecule has 3 nitrogen and oxygen atoms in total. The minimum absolute atomic E-state index is 0.519. The fourth-order valence-corrected chi connectivity index (χ4v) is 5.87. The molecule has 1 aromatic carbocycles. The number of para-hydroxylation sites is 1. The summed E-state index contributed by atoms with van der Waals surface area (Å²) in [6.07, 6.45) is 17.1. The van der Waals surface area contributed by atoms with E-state index in [-0.39, 0.29) is 0 Å². The van der Waals surface area contributed by atoms with Gasteiger partial charge in [-0.3, -0.25) is 9.88 Å². The van der Waals surface area contributed by atoms with Crippen LogP contribution in [0.5, 0.6) is 0 Å². The first kappa shape index (κ1) is 16.6. The molecule has 1 N–H and O–H groups in total. The van der Waals surface area contributed by atoms with E-state index in [9.17, 15) is 0 Å². The van der Waals surface area contributed by atoms with Crippen molar-refractivity contribution in [3.63, 3.8) is 0 Å². The fourth-order valence-electron chi connectivity index (χ4n) is 5.87. The smallest absolute Gasteiger partial charge is 0.0915 e. The largest absolute Gasteiger partial charge is 0.353 e. The van der Waals surface area contributed by atoms with Gasteiger partial charge in [-0.15, -0.1) is 0 Å². The van der Waals surface area contributed by atoms with Crippen molar-refractivity contribution >= 4 is 27.4 Å². The highest BCUT2D eigenvalue weighted by molar-refractivity contribution is 6.09. The average Bonchev–Trinajstić information content (AvgIpc) is 3.25.